The third-order valence-corrected chi connectivity index (χ3v) is 5.69. The topological polar surface area (TPSA) is 71.3 Å². The molecule has 0 aromatic heterocycles. The van der Waals surface area contributed by atoms with Gasteiger partial charge in [-0.2, -0.15) is 5.26 Å². The molecule has 0 unspecified atom stereocenters. The van der Waals surface area contributed by atoms with Crippen molar-refractivity contribution in [1.29, 1.82) is 5.26 Å². The van der Waals surface area contributed by atoms with Gasteiger partial charge in [-0.25, -0.2) is 4.57 Å². The van der Waals surface area contributed by atoms with Crippen LogP contribution in [0.1, 0.15) is 11.1 Å². The second kappa shape index (κ2) is 8.60. The van der Waals surface area contributed by atoms with Gasteiger partial charge in [-0.15, -0.1) is 0 Å². The molecule has 0 amide bonds. The van der Waals surface area contributed by atoms with Crippen LogP contribution >= 0.6 is 30.8 Å². The lowest BCUT2D eigenvalue weighted by atomic mass is 10.2. The van der Waals surface area contributed by atoms with E-state index in [0.717, 1.165) is 11.1 Å². The summed E-state index contributed by atoms with van der Waals surface area (Å²) in [5, 5.41) is 12.6. The van der Waals surface area contributed by atoms with Gasteiger partial charge >= 0.3 is 7.60 Å². The highest BCUT2D eigenvalue weighted by atomic mass is 35.5. The molecule has 0 atom stereocenters. The molecule has 132 valence electrons. The Kier molecular flexibility index (Phi) is 6.75. The number of nitriles is 1. The van der Waals surface area contributed by atoms with Crippen LogP contribution in [0.3, 0.4) is 0 Å². The molecule has 0 radical (unpaired) electrons. The molecule has 0 fully saturated rings. The zero-order chi connectivity index (χ0) is 18.4. The predicted molar refractivity (Wildman–Crippen MR) is 99.7 cm³/mol. The lowest BCUT2D eigenvalue weighted by Gasteiger charge is -2.20. The van der Waals surface area contributed by atoms with E-state index in [9.17, 15) is 4.57 Å². The fourth-order valence-corrected chi connectivity index (χ4v) is 3.66. The van der Waals surface area contributed by atoms with E-state index in [-0.39, 0.29) is 12.8 Å². The molecule has 2 rings (SSSR count). The lowest BCUT2D eigenvalue weighted by molar-refractivity contribution is 0.382. The number of hydrogen-bond donors (Lipinski definition) is 1. The molecule has 0 heterocycles. The van der Waals surface area contributed by atoms with Crippen LogP contribution in [0.15, 0.2) is 36.4 Å². The molecule has 0 bridgehead atoms. The Labute approximate surface area is 157 Å². The predicted octanol–water partition coefficient (Wildman–Crippen LogP) is 5.33. The maximum Gasteiger partial charge on any atom is 0.444 e. The van der Waals surface area contributed by atoms with Crippen molar-refractivity contribution in [3.8, 4) is 17.6 Å². The summed E-state index contributed by atoms with van der Waals surface area (Å²) < 4.78 is 24.4. The Morgan fingerprint density at radius 2 is 1.52 bits per heavy atom. The third-order valence-electron chi connectivity index (χ3n) is 3.26. The summed E-state index contributed by atoms with van der Waals surface area (Å²) in [4.78, 5) is 0. The van der Waals surface area contributed by atoms with E-state index in [4.69, 9.17) is 37.5 Å². The van der Waals surface area contributed by atoms with Gasteiger partial charge < -0.3 is 9.05 Å². The summed E-state index contributed by atoms with van der Waals surface area (Å²) in [6.45, 7) is 3.66. The highest BCUT2D eigenvalue weighted by Gasteiger charge is 2.28. The van der Waals surface area contributed by atoms with Crippen molar-refractivity contribution >= 4 is 30.8 Å². The smallest absolute Gasteiger partial charge is 0.415 e. The Morgan fingerprint density at radius 1 is 1.04 bits per heavy atom. The normalized spacial score (nSPS) is 11.0. The Balaban J connectivity index is 2.25. The highest BCUT2D eigenvalue weighted by molar-refractivity contribution is 7.54. The van der Waals surface area contributed by atoms with E-state index < -0.39 is 7.60 Å². The Morgan fingerprint density at radius 3 is 1.92 bits per heavy atom. The maximum atomic E-state index is 13.1. The third kappa shape index (κ3) is 5.66. The van der Waals surface area contributed by atoms with Gasteiger partial charge in [0.05, 0.1) is 12.6 Å². The Hall–Kier alpha value is -1.70. The summed E-state index contributed by atoms with van der Waals surface area (Å²) in [6, 6.07) is 11.8. The first kappa shape index (κ1) is 19.6. The molecule has 2 aromatic carbocycles. The first-order valence-electron chi connectivity index (χ1n) is 7.41. The van der Waals surface area contributed by atoms with Crippen LogP contribution in [0, 0.1) is 25.2 Å². The van der Waals surface area contributed by atoms with Crippen LogP contribution in [0.25, 0.3) is 0 Å². The fraction of sp³-hybridized carbons (Fsp3) is 0.235. The van der Waals surface area contributed by atoms with E-state index in [1.165, 1.54) is 0 Å². The van der Waals surface area contributed by atoms with E-state index in [2.05, 4.69) is 5.32 Å². The number of halogens is 2. The van der Waals surface area contributed by atoms with E-state index >= 15 is 0 Å². The average Bonchev–Trinajstić information content (AvgIpc) is 2.55. The van der Waals surface area contributed by atoms with Crippen LogP contribution in [0.2, 0.25) is 10.0 Å². The molecule has 0 saturated heterocycles. The summed E-state index contributed by atoms with van der Waals surface area (Å²) in [5.74, 6) is 0.740. The number of benzene rings is 2. The Bertz CT molecular complexity index is 795. The van der Waals surface area contributed by atoms with E-state index in [1.807, 2.05) is 19.9 Å². The van der Waals surface area contributed by atoms with Gasteiger partial charge in [-0.1, -0.05) is 23.2 Å². The van der Waals surface area contributed by atoms with Gasteiger partial charge in [0.1, 0.15) is 17.8 Å². The highest BCUT2D eigenvalue weighted by Crippen LogP contribution is 2.48. The van der Waals surface area contributed by atoms with Gasteiger partial charge in [0.2, 0.25) is 0 Å². The number of rotatable bonds is 7. The number of aryl methyl sites for hydroxylation is 2. The van der Waals surface area contributed by atoms with Crippen LogP contribution in [-0.2, 0) is 4.57 Å². The number of nitrogens with one attached hydrogen (secondary N) is 1. The molecule has 25 heavy (non-hydrogen) atoms. The van der Waals surface area contributed by atoms with Gasteiger partial charge in [0, 0.05) is 10.0 Å². The molecular weight excluding hydrogens is 382 g/mol. The van der Waals surface area contributed by atoms with Crippen molar-refractivity contribution in [1.82, 2.24) is 5.32 Å². The van der Waals surface area contributed by atoms with Crippen molar-refractivity contribution in [2.75, 3.05) is 12.8 Å². The van der Waals surface area contributed by atoms with Crippen LogP contribution in [-0.4, -0.2) is 12.8 Å². The summed E-state index contributed by atoms with van der Waals surface area (Å²) in [5.41, 5.74) is 1.58. The van der Waals surface area contributed by atoms with Gasteiger partial charge in [0.25, 0.3) is 0 Å². The van der Waals surface area contributed by atoms with Crippen LogP contribution in [0.5, 0.6) is 11.5 Å². The minimum atomic E-state index is -3.61. The number of nitrogens with zero attached hydrogens (tertiary/aromatic N) is 1. The second-order valence-corrected chi connectivity index (χ2v) is 8.08. The molecule has 8 heteroatoms. The zero-order valence-corrected chi connectivity index (χ0v) is 16.2. The molecule has 2 aromatic rings. The summed E-state index contributed by atoms with van der Waals surface area (Å²) >= 11 is 12.0. The van der Waals surface area contributed by atoms with E-state index in [1.54, 1.807) is 36.4 Å². The first-order chi connectivity index (χ1) is 11.8. The van der Waals surface area contributed by atoms with Gasteiger partial charge in [-0.3, -0.25) is 5.32 Å². The molecular formula is C17H17Cl2N2O3P. The first-order valence-corrected chi connectivity index (χ1v) is 9.89. The largest absolute Gasteiger partial charge is 0.444 e. The lowest BCUT2D eigenvalue weighted by Crippen LogP contribution is -2.20. The quantitative estimate of drug-likeness (QED) is 0.387. The monoisotopic (exact) mass is 398 g/mol. The summed E-state index contributed by atoms with van der Waals surface area (Å²) in [7, 11) is -3.61. The second-order valence-electron chi connectivity index (χ2n) is 5.36. The fourth-order valence-electron chi connectivity index (χ4n) is 2.00. The molecule has 0 spiro atoms. The maximum absolute atomic E-state index is 13.1. The van der Waals surface area contributed by atoms with Gasteiger partial charge in [-0.05, 0) is 61.4 Å². The van der Waals surface area contributed by atoms with Crippen molar-refractivity contribution < 1.29 is 13.6 Å². The van der Waals surface area contributed by atoms with Crippen molar-refractivity contribution in [2.24, 2.45) is 0 Å². The molecule has 0 aliphatic rings. The standard InChI is InChI=1S/C17H17Cl2N2O3P/c1-12-9-14(3-5-16(12)18)23-25(22,11-21-8-7-20)24-15-4-6-17(19)13(2)10-15/h3-6,9-10,21H,8,11H2,1-2H3. The number of hydrogen-bond acceptors (Lipinski definition) is 5. The molecule has 0 aliphatic heterocycles. The minimum Gasteiger partial charge on any atom is -0.415 e. The van der Waals surface area contributed by atoms with Crippen LogP contribution < -0.4 is 14.4 Å². The van der Waals surface area contributed by atoms with Crippen molar-refractivity contribution in [3.05, 3.63) is 57.6 Å². The summed E-state index contributed by atoms with van der Waals surface area (Å²) in [6.07, 6.45) is -0.121. The average molecular weight is 399 g/mol. The molecule has 1 N–H and O–H groups in total. The van der Waals surface area contributed by atoms with Gasteiger partial charge in [0.15, 0.2) is 0 Å². The van der Waals surface area contributed by atoms with Crippen molar-refractivity contribution in [2.45, 2.75) is 13.8 Å². The molecule has 5 nitrogen and oxygen atoms in total. The van der Waals surface area contributed by atoms with Crippen LogP contribution in [0.4, 0.5) is 0 Å². The minimum absolute atomic E-state index is 0.0238. The van der Waals surface area contributed by atoms with E-state index in [0.29, 0.717) is 21.5 Å². The zero-order valence-electron chi connectivity index (χ0n) is 13.8. The SMILES string of the molecule is Cc1cc(OP(=O)(CNCC#N)Oc2ccc(Cl)c(C)c2)ccc1Cl. The molecule has 0 aliphatic carbocycles. The molecule has 0 saturated carbocycles. The van der Waals surface area contributed by atoms with Crippen molar-refractivity contribution in [3.63, 3.8) is 0 Å².